The van der Waals surface area contributed by atoms with Crippen LogP contribution in [0, 0.1) is 6.92 Å². The van der Waals surface area contributed by atoms with Crippen molar-refractivity contribution >= 4 is 23.2 Å². The van der Waals surface area contributed by atoms with E-state index in [0.717, 1.165) is 21.8 Å². The highest BCUT2D eigenvalue weighted by atomic mass is 32.1. The van der Waals surface area contributed by atoms with Gasteiger partial charge in [0.25, 0.3) is 11.8 Å². The first kappa shape index (κ1) is 31.0. The summed E-state index contributed by atoms with van der Waals surface area (Å²) in [5, 5.41) is 20.6. The molecule has 0 fully saturated rings. The zero-order valence-corrected chi connectivity index (χ0v) is 25.3. The number of nitrogens with one attached hydrogen (secondary N) is 3. The molecule has 220 valence electrons. The third-order valence-corrected chi connectivity index (χ3v) is 8.43. The van der Waals surface area contributed by atoms with Gasteiger partial charge in [-0.15, -0.1) is 11.3 Å². The Labute approximate surface area is 252 Å². The van der Waals surface area contributed by atoms with E-state index in [-0.39, 0.29) is 30.4 Å². The molecule has 1 heterocycles. The van der Waals surface area contributed by atoms with Gasteiger partial charge in [-0.25, -0.2) is 0 Å². The molecule has 0 spiro atoms. The second-order valence-electron chi connectivity index (χ2n) is 10.5. The third-order valence-electron chi connectivity index (χ3n) is 7.25. The molecule has 0 bridgehead atoms. The van der Waals surface area contributed by atoms with Gasteiger partial charge in [-0.3, -0.25) is 9.59 Å². The number of benzene rings is 3. The Morgan fingerprint density at radius 1 is 0.833 bits per heavy atom. The first-order valence-corrected chi connectivity index (χ1v) is 14.9. The van der Waals surface area contributed by atoms with Crippen LogP contribution in [0.2, 0.25) is 0 Å². The molecule has 3 aromatic carbocycles. The van der Waals surface area contributed by atoms with E-state index < -0.39 is 12.1 Å². The number of ether oxygens (including phenoxy) is 1. The largest absolute Gasteiger partial charge is 0.497 e. The van der Waals surface area contributed by atoms with Crippen LogP contribution in [0.1, 0.15) is 67.5 Å². The summed E-state index contributed by atoms with van der Waals surface area (Å²) in [4.78, 5) is 28.7. The molecule has 0 aliphatic rings. The molecule has 1 aromatic heterocycles. The van der Waals surface area contributed by atoms with E-state index in [0.29, 0.717) is 17.5 Å². The Balaban J connectivity index is 1.43. The van der Waals surface area contributed by atoms with Gasteiger partial charge in [-0.1, -0.05) is 48.5 Å². The standard InChI is InChI=1S/C34H39N3O4S/c1-22-13-18-32(42-22)24(3)36-33(39)27-11-8-12-28(20-27)34(40)37-30(19-25-9-6-5-7-10-25)31(38)21-35-23(2)26-14-16-29(41-4)17-15-26/h5-18,20,23-24,30-31,35,38H,19,21H2,1-4H3,(H,36,39)(H,37,40)/t23-,24?,30+,31-/m1/s1. The lowest BCUT2D eigenvalue weighted by atomic mass is 9.99. The van der Waals surface area contributed by atoms with Crippen LogP contribution in [0.25, 0.3) is 0 Å². The molecule has 42 heavy (non-hydrogen) atoms. The smallest absolute Gasteiger partial charge is 0.251 e. The van der Waals surface area contributed by atoms with Crippen molar-refractivity contribution in [1.82, 2.24) is 16.0 Å². The van der Waals surface area contributed by atoms with Gasteiger partial charge in [-0.05, 0) is 80.8 Å². The van der Waals surface area contributed by atoms with Gasteiger partial charge in [0.15, 0.2) is 0 Å². The average Bonchev–Trinajstić information content (AvgIpc) is 3.46. The number of hydrogen-bond donors (Lipinski definition) is 4. The zero-order valence-electron chi connectivity index (χ0n) is 24.5. The quantitative estimate of drug-likeness (QED) is 0.164. The fourth-order valence-corrected chi connectivity index (χ4v) is 5.57. The lowest BCUT2D eigenvalue weighted by Crippen LogP contribution is -2.49. The number of carbonyl (C=O) groups excluding carboxylic acids is 2. The number of rotatable bonds is 13. The van der Waals surface area contributed by atoms with Crippen LogP contribution in [-0.4, -0.2) is 42.7 Å². The molecule has 0 radical (unpaired) electrons. The Kier molecular flexibility index (Phi) is 10.9. The Bertz CT molecular complexity index is 1460. The van der Waals surface area contributed by atoms with Gasteiger partial charge in [-0.2, -0.15) is 0 Å². The van der Waals surface area contributed by atoms with Crippen molar-refractivity contribution in [3.8, 4) is 5.75 Å². The molecular weight excluding hydrogens is 546 g/mol. The van der Waals surface area contributed by atoms with Gasteiger partial charge >= 0.3 is 0 Å². The fourth-order valence-electron chi connectivity index (χ4n) is 4.69. The minimum absolute atomic E-state index is 0.0192. The summed E-state index contributed by atoms with van der Waals surface area (Å²) in [5.74, 6) is 0.181. The summed E-state index contributed by atoms with van der Waals surface area (Å²) in [6.07, 6.45) is -0.416. The minimum Gasteiger partial charge on any atom is -0.497 e. The molecule has 4 atom stereocenters. The highest BCUT2D eigenvalue weighted by molar-refractivity contribution is 7.12. The monoisotopic (exact) mass is 585 g/mol. The molecular formula is C34H39N3O4S. The number of carbonyl (C=O) groups is 2. The van der Waals surface area contributed by atoms with Gasteiger partial charge in [0.05, 0.1) is 25.3 Å². The van der Waals surface area contributed by atoms with E-state index >= 15 is 0 Å². The van der Waals surface area contributed by atoms with Crippen LogP contribution in [0.3, 0.4) is 0 Å². The molecule has 4 N–H and O–H groups in total. The summed E-state index contributed by atoms with van der Waals surface area (Å²) in [7, 11) is 1.63. The normalized spacial score (nSPS) is 13.9. The second-order valence-corrected chi connectivity index (χ2v) is 11.8. The van der Waals surface area contributed by atoms with Crippen LogP contribution in [0.5, 0.6) is 5.75 Å². The number of thiophene rings is 1. The number of aliphatic hydroxyl groups is 1. The molecule has 7 nitrogen and oxygen atoms in total. The Hall–Kier alpha value is -3.98. The van der Waals surface area contributed by atoms with Gasteiger partial charge in [0.2, 0.25) is 0 Å². The third kappa shape index (κ3) is 8.52. The maximum atomic E-state index is 13.4. The van der Waals surface area contributed by atoms with E-state index in [1.807, 2.05) is 87.5 Å². The molecule has 2 amide bonds. The lowest BCUT2D eigenvalue weighted by molar-refractivity contribution is 0.0825. The molecule has 0 saturated heterocycles. The summed E-state index contributed by atoms with van der Waals surface area (Å²) in [5.41, 5.74) is 2.81. The van der Waals surface area contributed by atoms with E-state index in [1.54, 1.807) is 42.7 Å². The van der Waals surface area contributed by atoms with Crippen molar-refractivity contribution in [3.05, 3.63) is 123 Å². The summed E-state index contributed by atoms with van der Waals surface area (Å²) >= 11 is 1.64. The van der Waals surface area contributed by atoms with Crippen molar-refractivity contribution in [2.24, 2.45) is 0 Å². The highest BCUT2D eigenvalue weighted by Gasteiger charge is 2.24. The number of methoxy groups -OCH3 is 1. The maximum Gasteiger partial charge on any atom is 0.251 e. The van der Waals surface area contributed by atoms with Crippen molar-refractivity contribution in [2.45, 2.75) is 51.4 Å². The number of amides is 2. The van der Waals surface area contributed by atoms with E-state index in [1.165, 1.54) is 4.88 Å². The van der Waals surface area contributed by atoms with Crippen molar-refractivity contribution < 1.29 is 19.4 Å². The molecule has 4 aromatic rings. The second kappa shape index (κ2) is 14.8. The van der Waals surface area contributed by atoms with Crippen molar-refractivity contribution in [3.63, 3.8) is 0 Å². The van der Waals surface area contributed by atoms with Gasteiger partial charge in [0.1, 0.15) is 5.75 Å². The molecule has 1 unspecified atom stereocenters. The molecule has 0 aliphatic carbocycles. The van der Waals surface area contributed by atoms with Gasteiger partial charge < -0.3 is 25.8 Å². The lowest BCUT2D eigenvalue weighted by Gasteiger charge is -2.26. The van der Waals surface area contributed by atoms with Gasteiger partial charge in [0, 0.05) is 33.5 Å². The van der Waals surface area contributed by atoms with Crippen LogP contribution in [0.4, 0.5) is 0 Å². The maximum absolute atomic E-state index is 13.4. The SMILES string of the molecule is COc1ccc([C@@H](C)NC[C@@H](O)[C@H](Cc2ccccc2)NC(=O)c2cccc(C(=O)NC(C)c3ccc(C)s3)c2)cc1. The predicted octanol–water partition coefficient (Wildman–Crippen LogP) is 5.61. The highest BCUT2D eigenvalue weighted by Crippen LogP contribution is 2.23. The van der Waals surface area contributed by atoms with Crippen molar-refractivity contribution in [1.29, 1.82) is 0 Å². The molecule has 0 saturated carbocycles. The Morgan fingerprint density at radius 2 is 1.50 bits per heavy atom. The van der Waals surface area contributed by atoms with E-state index in [2.05, 4.69) is 16.0 Å². The summed E-state index contributed by atoms with van der Waals surface area (Å²) in [6.45, 7) is 6.27. The first-order valence-electron chi connectivity index (χ1n) is 14.1. The van der Waals surface area contributed by atoms with Crippen LogP contribution in [0.15, 0.2) is 91.0 Å². The number of hydrogen-bond acceptors (Lipinski definition) is 6. The molecule has 4 rings (SSSR count). The minimum atomic E-state index is -0.864. The van der Waals surface area contributed by atoms with E-state index in [4.69, 9.17) is 4.74 Å². The summed E-state index contributed by atoms with van der Waals surface area (Å²) < 4.78 is 5.24. The average molecular weight is 586 g/mol. The molecule has 8 heteroatoms. The molecule has 0 aliphatic heterocycles. The van der Waals surface area contributed by atoms with Crippen LogP contribution >= 0.6 is 11.3 Å². The van der Waals surface area contributed by atoms with Crippen molar-refractivity contribution in [2.75, 3.05) is 13.7 Å². The fraction of sp³-hybridized carbons (Fsp3) is 0.294. The summed E-state index contributed by atoms with van der Waals surface area (Å²) in [6, 6.07) is 27.5. The number of aliphatic hydroxyl groups excluding tert-OH is 1. The van der Waals surface area contributed by atoms with E-state index in [9.17, 15) is 14.7 Å². The van der Waals surface area contributed by atoms with Crippen LogP contribution < -0.4 is 20.7 Å². The van der Waals surface area contributed by atoms with Crippen LogP contribution in [-0.2, 0) is 6.42 Å². The Morgan fingerprint density at radius 3 is 2.12 bits per heavy atom. The zero-order chi connectivity index (χ0) is 30.1. The first-order chi connectivity index (χ1) is 20.2. The topological polar surface area (TPSA) is 99.7 Å². The predicted molar refractivity (Wildman–Crippen MR) is 168 cm³/mol. The number of aryl methyl sites for hydroxylation is 1.